The van der Waals surface area contributed by atoms with Crippen LogP contribution in [0.1, 0.15) is 12.1 Å². The molecule has 0 bridgehead atoms. The molecule has 1 aliphatic rings. The van der Waals surface area contributed by atoms with Gasteiger partial charge in [-0.15, -0.1) is 11.3 Å². The van der Waals surface area contributed by atoms with Crippen molar-refractivity contribution in [3.8, 4) is 22.8 Å². The summed E-state index contributed by atoms with van der Waals surface area (Å²) in [6, 6.07) is 8.44. The van der Waals surface area contributed by atoms with Crippen molar-refractivity contribution >= 4 is 55.5 Å². The second-order valence-corrected chi connectivity index (χ2v) is 11.9. The Hall–Kier alpha value is -3.19. The number of pyridine rings is 1. The average Bonchev–Trinajstić information content (AvgIpc) is 3.56. The molecule has 1 fully saturated rings. The van der Waals surface area contributed by atoms with Gasteiger partial charge in [-0.05, 0) is 42.8 Å². The summed E-state index contributed by atoms with van der Waals surface area (Å²) in [4.78, 5) is 13.5. The van der Waals surface area contributed by atoms with Gasteiger partial charge in [-0.1, -0.05) is 11.6 Å². The zero-order valence-corrected chi connectivity index (χ0v) is 22.6. The molecule has 1 atom stereocenters. The fourth-order valence-electron chi connectivity index (χ4n) is 3.99. The first-order valence-electron chi connectivity index (χ1n) is 11.3. The lowest BCUT2D eigenvalue weighted by Crippen LogP contribution is -2.16. The summed E-state index contributed by atoms with van der Waals surface area (Å²) >= 11 is 6.90. The van der Waals surface area contributed by atoms with Crippen molar-refractivity contribution in [3.63, 3.8) is 0 Å². The number of benzene rings is 1. The third-order valence-electron chi connectivity index (χ3n) is 5.80. The largest absolute Gasteiger partial charge is 0.486 e. The summed E-state index contributed by atoms with van der Waals surface area (Å²) < 4.78 is 46.1. The zero-order valence-electron chi connectivity index (χ0n) is 20.2. The van der Waals surface area contributed by atoms with Crippen LogP contribution in [-0.2, 0) is 14.8 Å². The number of hydrogen-bond acceptors (Lipinski definition) is 10. The van der Waals surface area contributed by atoms with Gasteiger partial charge in [0, 0.05) is 30.6 Å². The van der Waals surface area contributed by atoms with Crippen molar-refractivity contribution in [3.05, 3.63) is 46.6 Å². The van der Waals surface area contributed by atoms with E-state index in [0.29, 0.717) is 40.3 Å². The van der Waals surface area contributed by atoms with Crippen LogP contribution in [0.4, 0.5) is 11.6 Å². The van der Waals surface area contributed by atoms with Crippen molar-refractivity contribution in [2.45, 2.75) is 23.7 Å². The van der Waals surface area contributed by atoms with Gasteiger partial charge in [-0.2, -0.15) is 0 Å². The Bertz CT molecular complexity index is 1570. The minimum Gasteiger partial charge on any atom is -0.486 e. The number of aromatic nitrogens is 3. The van der Waals surface area contributed by atoms with Crippen LogP contribution in [-0.4, -0.2) is 56.8 Å². The van der Waals surface area contributed by atoms with Crippen LogP contribution in [0.15, 0.2) is 40.7 Å². The molecule has 2 N–H and O–H groups in total. The van der Waals surface area contributed by atoms with Gasteiger partial charge in [0.25, 0.3) is 10.0 Å². The fraction of sp³-hybridized carbons (Fsp3) is 0.292. The zero-order chi connectivity index (χ0) is 26.2. The van der Waals surface area contributed by atoms with Crippen molar-refractivity contribution in [2.75, 3.05) is 37.4 Å². The van der Waals surface area contributed by atoms with Gasteiger partial charge in [0.2, 0.25) is 11.8 Å². The third kappa shape index (κ3) is 5.28. The molecule has 0 unspecified atom stereocenters. The Morgan fingerprint density at radius 1 is 1.19 bits per heavy atom. The number of anilines is 2. The fourth-order valence-corrected chi connectivity index (χ4v) is 6.52. The molecule has 1 aromatic carbocycles. The molecule has 4 aromatic rings. The number of aryl methyl sites for hydroxylation is 1. The Kier molecular flexibility index (Phi) is 7.08. The molecule has 0 saturated carbocycles. The number of rotatable bonds is 8. The molecule has 194 valence electrons. The number of fused-ring (bicyclic) bond motifs is 1. The molecular weight excluding hydrogens is 538 g/mol. The molecule has 13 heteroatoms. The van der Waals surface area contributed by atoms with E-state index in [-0.39, 0.29) is 21.9 Å². The monoisotopic (exact) mass is 561 g/mol. The van der Waals surface area contributed by atoms with Gasteiger partial charge in [0.1, 0.15) is 27.3 Å². The van der Waals surface area contributed by atoms with Crippen molar-refractivity contribution in [1.82, 2.24) is 15.0 Å². The molecule has 1 saturated heterocycles. The highest BCUT2D eigenvalue weighted by Crippen LogP contribution is 2.37. The maximum atomic E-state index is 13.0. The predicted octanol–water partition coefficient (Wildman–Crippen LogP) is 4.73. The van der Waals surface area contributed by atoms with E-state index in [1.165, 1.54) is 19.2 Å². The van der Waals surface area contributed by atoms with E-state index in [2.05, 4.69) is 25.0 Å². The summed E-state index contributed by atoms with van der Waals surface area (Å²) in [5.74, 6) is 1.20. The number of methoxy groups -OCH3 is 1. The maximum absolute atomic E-state index is 13.0. The van der Waals surface area contributed by atoms with E-state index in [1.54, 1.807) is 19.3 Å². The Morgan fingerprint density at radius 3 is 2.70 bits per heavy atom. The summed E-state index contributed by atoms with van der Waals surface area (Å²) in [5.41, 5.74) is 3.02. The van der Waals surface area contributed by atoms with Gasteiger partial charge >= 0.3 is 0 Å². The number of hydrogen-bond donors (Lipinski definition) is 2. The van der Waals surface area contributed by atoms with Crippen LogP contribution in [0.3, 0.4) is 0 Å². The molecule has 0 spiro atoms. The molecule has 10 nitrogen and oxygen atoms in total. The molecule has 37 heavy (non-hydrogen) atoms. The topological polar surface area (TPSA) is 125 Å². The highest BCUT2D eigenvalue weighted by molar-refractivity contribution is 7.94. The van der Waals surface area contributed by atoms with Gasteiger partial charge < -0.3 is 19.5 Å². The smallest absolute Gasteiger partial charge is 0.271 e. The minimum atomic E-state index is -3.90. The second-order valence-electron chi connectivity index (χ2n) is 8.30. The first kappa shape index (κ1) is 25.5. The number of nitrogens with zero attached hydrogens (tertiary/aromatic N) is 3. The molecular formula is C24H24ClN5O5S2. The highest BCUT2D eigenvalue weighted by Gasteiger charge is 2.23. The van der Waals surface area contributed by atoms with Gasteiger partial charge in [-0.3, -0.25) is 4.72 Å². The summed E-state index contributed by atoms with van der Waals surface area (Å²) in [5, 5.41) is 3.79. The molecule has 4 heterocycles. The van der Waals surface area contributed by atoms with Crippen LogP contribution >= 0.6 is 22.9 Å². The number of nitrogens with one attached hydrogen (secondary N) is 2. The Balaban J connectivity index is 1.60. The highest BCUT2D eigenvalue weighted by atomic mass is 35.5. The third-order valence-corrected chi connectivity index (χ3v) is 8.89. The molecule has 1 aliphatic heterocycles. The van der Waals surface area contributed by atoms with E-state index in [9.17, 15) is 8.42 Å². The predicted molar refractivity (Wildman–Crippen MR) is 144 cm³/mol. The number of halogens is 1. The van der Waals surface area contributed by atoms with E-state index in [0.717, 1.165) is 34.4 Å². The molecule has 0 amide bonds. The van der Waals surface area contributed by atoms with Crippen LogP contribution in [0.5, 0.6) is 11.6 Å². The lowest BCUT2D eigenvalue weighted by atomic mass is 10.0. The van der Waals surface area contributed by atoms with Crippen molar-refractivity contribution < 1.29 is 22.6 Å². The van der Waals surface area contributed by atoms with Crippen LogP contribution in [0.25, 0.3) is 22.0 Å². The number of ether oxygens (including phenoxy) is 3. The molecule has 0 aliphatic carbocycles. The van der Waals surface area contributed by atoms with Crippen molar-refractivity contribution in [2.24, 2.45) is 0 Å². The lowest BCUT2D eigenvalue weighted by Gasteiger charge is -2.17. The Labute approximate surface area is 223 Å². The molecule has 0 radical (unpaired) electrons. The second kappa shape index (κ2) is 10.3. The minimum absolute atomic E-state index is 0.0817. The van der Waals surface area contributed by atoms with Crippen LogP contribution in [0.2, 0.25) is 4.34 Å². The number of thiophene rings is 1. The summed E-state index contributed by atoms with van der Waals surface area (Å²) in [7, 11) is -0.714. The lowest BCUT2D eigenvalue weighted by molar-refractivity contribution is 0.142. The first-order chi connectivity index (χ1) is 17.8. The van der Waals surface area contributed by atoms with E-state index in [1.807, 2.05) is 19.1 Å². The molecule has 3 aromatic heterocycles. The van der Waals surface area contributed by atoms with Crippen molar-refractivity contribution in [1.29, 1.82) is 0 Å². The van der Waals surface area contributed by atoms with Gasteiger partial charge in [-0.25, -0.2) is 23.4 Å². The summed E-state index contributed by atoms with van der Waals surface area (Å²) in [6.07, 6.45) is 2.29. The maximum Gasteiger partial charge on any atom is 0.271 e. The average molecular weight is 562 g/mol. The SMILES string of the molecule is CNc1nc(C)c2cc(-c3cnc(OC)c(NS(=O)(=O)c4ccc(Cl)s4)c3)cc(O[C@@H]3CCOC3)c2n1. The first-order valence-corrected chi connectivity index (χ1v) is 14.0. The van der Waals surface area contributed by atoms with Gasteiger partial charge in [0.05, 0.1) is 30.4 Å². The van der Waals surface area contributed by atoms with Crippen LogP contribution < -0.4 is 19.5 Å². The standard InChI is InChI=1S/C24H24ClN5O5S2/c1-13-17-8-14(10-19(35-16-6-7-34-12-16)22(17)29-24(26-2)28-13)15-9-18(23(33-3)27-11-15)30-37(31,32)21-5-4-20(25)36-21/h4-5,8-11,16,30H,6-7,12H2,1-3H3,(H,26,28,29)/t16-/m1/s1. The molecule has 5 rings (SSSR count). The van der Waals surface area contributed by atoms with E-state index in [4.69, 9.17) is 25.8 Å². The summed E-state index contributed by atoms with van der Waals surface area (Å²) in [6.45, 7) is 3.03. The van der Waals surface area contributed by atoms with E-state index >= 15 is 0 Å². The quantitative estimate of drug-likeness (QED) is 0.314. The van der Waals surface area contributed by atoms with Gasteiger partial charge in [0.15, 0.2) is 0 Å². The Morgan fingerprint density at radius 2 is 2.03 bits per heavy atom. The van der Waals surface area contributed by atoms with E-state index < -0.39 is 10.0 Å². The normalized spacial score (nSPS) is 15.6. The number of sulfonamides is 1. The van der Waals surface area contributed by atoms with Crippen LogP contribution in [0, 0.1) is 6.92 Å².